The number of thioether (sulfide) groups is 1. The van der Waals surface area contributed by atoms with Crippen LogP contribution < -0.4 is 4.72 Å². The van der Waals surface area contributed by atoms with Gasteiger partial charge in [0.1, 0.15) is 0 Å². The van der Waals surface area contributed by atoms with Crippen LogP contribution in [0.3, 0.4) is 0 Å². The zero-order valence-corrected chi connectivity index (χ0v) is 16.2. The maximum atomic E-state index is 12.2. The van der Waals surface area contributed by atoms with Crippen molar-refractivity contribution in [1.82, 2.24) is 10.2 Å². The van der Waals surface area contributed by atoms with Gasteiger partial charge in [-0.3, -0.25) is 9.52 Å². The second-order valence-electron chi connectivity index (χ2n) is 4.79. The van der Waals surface area contributed by atoms with E-state index in [4.69, 9.17) is 0 Å². The van der Waals surface area contributed by atoms with Crippen LogP contribution in [0, 0.1) is 0 Å². The third kappa shape index (κ3) is 5.97. The summed E-state index contributed by atoms with van der Waals surface area (Å²) in [5, 5.41) is 7.64. The molecule has 1 aromatic carbocycles. The summed E-state index contributed by atoms with van der Waals surface area (Å²) in [6, 6.07) is 6.04. The van der Waals surface area contributed by atoms with E-state index in [1.165, 1.54) is 38.5 Å². The zero-order chi connectivity index (χ0) is 19.2. The molecular formula is C14H15N3O6S3. The first-order valence-electron chi connectivity index (χ1n) is 7.04. The molecule has 1 aromatic heterocycles. The molecule has 140 valence electrons. The van der Waals surface area contributed by atoms with Gasteiger partial charge in [0.25, 0.3) is 0 Å². The fraction of sp³-hybridized carbons (Fsp3) is 0.286. The van der Waals surface area contributed by atoms with E-state index in [2.05, 4.69) is 24.4 Å². The van der Waals surface area contributed by atoms with Crippen molar-refractivity contribution in [2.24, 2.45) is 0 Å². The maximum absolute atomic E-state index is 12.2. The zero-order valence-electron chi connectivity index (χ0n) is 13.8. The van der Waals surface area contributed by atoms with Crippen LogP contribution >= 0.6 is 23.1 Å². The summed E-state index contributed by atoms with van der Waals surface area (Å²) < 4.78 is 36.3. The molecule has 0 aliphatic heterocycles. The molecule has 2 rings (SSSR count). The summed E-state index contributed by atoms with van der Waals surface area (Å²) in [5.74, 6) is -1.14. The number of hydrogen-bond donors (Lipinski definition) is 1. The minimum Gasteiger partial charge on any atom is -0.468 e. The predicted octanol–water partition coefficient (Wildman–Crippen LogP) is 1.53. The summed E-state index contributed by atoms with van der Waals surface area (Å²) in [5.41, 5.74) is 0.827. The lowest BCUT2D eigenvalue weighted by Crippen LogP contribution is -2.15. The minimum absolute atomic E-state index is 0.0599. The van der Waals surface area contributed by atoms with E-state index in [1.807, 2.05) is 0 Å². The number of aromatic nitrogens is 2. The van der Waals surface area contributed by atoms with Crippen LogP contribution in [-0.2, 0) is 30.0 Å². The number of rotatable bonds is 8. The van der Waals surface area contributed by atoms with Gasteiger partial charge in [-0.1, -0.05) is 35.2 Å². The van der Waals surface area contributed by atoms with E-state index in [0.717, 1.165) is 23.1 Å². The monoisotopic (exact) mass is 417 g/mol. The Bertz CT molecular complexity index is 880. The van der Waals surface area contributed by atoms with Gasteiger partial charge < -0.3 is 9.47 Å². The molecule has 1 N–H and O–H groups in total. The standard InChI is InChI=1S/C14H15N3O6S3/c1-22-11(18)7-24-14-16-15-13(25-14)17-26(20,21)8-9-3-5-10(6-4-9)12(19)23-2/h3-6H,7-8H2,1-2H3,(H,15,17). The lowest BCUT2D eigenvalue weighted by Gasteiger charge is -2.05. The Kier molecular flexibility index (Phi) is 6.94. The van der Waals surface area contributed by atoms with Gasteiger partial charge >= 0.3 is 11.9 Å². The number of benzene rings is 1. The molecule has 0 atom stereocenters. The van der Waals surface area contributed by atoms with Crippen LogP contribution in [0.5, 0.6) is 0 Å². The Balaban J connectivity index is 1.97. The minimum atomic E-state index is -3.71. The number of methoxy groups -OCH3 is 2. The highest BCUT2D eigenvalue weighted by atomic mass is 32.2. The van der Waals surface area contributed by atoms with Crippen LogP contribution in [0.25, 0.3) is 0 Å². The Labute approximate surface area is 158 Å². The average Bonchev–Trinajstić information content (AvgIpc) is 3.05. The molecule has 0 bridgehead atoms. The van der Waals surface area contributed by atoms with E-state index < -0.39 is 22.0 Å². The molecule has 0 fully saturated rings. The molecule has 0 amide bonds. The van der Waals surface area contributed by atoms with Crippen LogP contribution in [0.2, 0.25) is 0 Å². The molecule has 0 unspecified atom stereocenters. The highest BCUT2D eigenvalue weighted by Crippen LogP contribution is 2.26. The maximum Gasteiger partial charge on any atom is 0.337 e. The largest absolute Gasteiger partial charge is 0.468 e. The highest BCUT2D eigenvalue weighted by Gasteiger charge is 2.16. The van der Waals surface area contributed by atoms with Crippen LogP contribution in [-0.4, -0.2) is 50.5 Å². The van der Waals surface area contributed by atoms with Gasteiger partial charge in [0.05, 0.1) is 31.3 Å². The summed E-state index contributed by atoms with van der Waals surface area (Å²) in [7, 11) is -1.16. The Hall–Kier alpha value is -2.18. The summed E-state index contributed by atoms with van der Waals surface area (Å²) >= 11 is 2.12. The van der Waals surface area contributed by atoms with Gasteiger partial charge in [-0.2, -0.15) is 0 Å². The normalized spacial score (nSPS) is 11.0. The van der Waals surface area contributed by atoms with Crippen molar-refractivity contribution in [2.45, 2.75) is 10.1 Å². The molecular weight excluding hydrogens is 402 g/mol. The third-order valence-electron chi connectivity index (χ3n) is 2.92. The quantitative estimate of drug-likeness (QED) is 0.503. The average molecular weight is 417 g/mol. The van der Waals surface area contributed by atoms with Gasteiger partial charge in [0, 0.05) is 0 Å². The molecule has 0 aliphatic rings. The number of nitrogens with zero attached hydrogens (tertiary/aromatic N) is 2. The predicted molar refractivity (Wildman–Crippen MR) is 96.7 cm³/mol. The number of esters is 2. The highest BCUT2D eigenvalue weighted by molar-refractivity contribution is 8.01. The number of hydrogen-bond acceptors (Lipinski definition) is 10. The van der Waals surface area contributed by atoms with Crippen molar-refractivity contribution in [3.05, 3.63) is 35.4 Å². The molecule has 0 radical (unpaired) electrons. The fourth-order valence-electron chi connectivity index (χ4n) is 1.73. The fourth-order valence-corrected chi connectivity index (χ4v) is 4.73. The Morgan fingerprint density at radius 1 is 1.15 bits per heavy atom. The van der Waals surface area contributed by atoms with Gasteiger partial charge in [-0.15, -0.1) is 10.2 Å². The molecule has 12 heteroatoms. The third-order valence-corrected chi connectivity index (χ3v) is 6.21. The van der Waals surface area contributed by atoms with Gasteiger partial charge in [0.15, 0.2) is 4.34 Å². The van der Waals surface area contributed by atoms with Crippen molar-refractivity contribution >= 4 is 50.2 Å². The molecule has 0 aliphatic carbocycles. The Morgan fingerprint density at radius 3 is 2.46 bits per heavy atom. The molecule has 9 nitrogen and oxygen atoms in total. The van der Waals surface area contributed by atoms with E-state index >= 15 is 0 Å². The van der Waals surface area contributed by atoms with Crippen LogP contribution in [0.4, 0.5) is 5.13 Å². The smallest absolute Gasteiger partial charge is 0.337 e. The molecule has 26 heavy (non-hydrogen) atoms. The van der Waals surface area contributed by atoms with E-state index in [0.29, 0.717) is 15.5 Å². The number of carbonyl (C=O) groups is 2. The number of carbonyl (C=O) groups excluding carboxylic acids is 2. The first-order valence-corrected chi connectivity index (χ1v) is 10.5. The summed E-state index contributed by atoms with van der Waals surface area (Å²) in [6.07, 6.45) is 0. The van der Waals surface area contributed by atoms with Gasteiger partial charge in [-0.05, 0) is 17.7 Å². The first kappa shape index (κ1) is 20.1. The van der Waals surface area contributed by atoms with Gasteiger partial charge in [-0.25, -0.2) is 13.2 Å². The van der Waals surface area contributed by atoms with Crippen LogP contribution in [0.15, 0.2) is 28.6 Å². The number of anilines is 1. The molecule has 1 heterocycles. The Morgan fingerprint density at radius 2 is 1.85 bits per heavy atom. The van der Waals surface area contributed by atoms with Gasteiger partial charge in [0.2, 0.25) is 15.2 Å². The molecule has 2 aromatic rings. The number of ether oxygens (including phenoxy) is 2. The van der Waals surface area contributed by atoms with Crippen molar-refractivity contribution in [3.8, 4) is 0 Å². The summed E-state index contributed by atoms with van der Waals surface area (Å²) in [6.45, 7) is 0. The first-order chi connectivity index (χ1) is 12.3. The van der Waals surface area contributed by atoms with Crippen molar-refractivity contribution in [2.75, 3.05) is 24.7 Å². The van der Waals surface area contributed by atoms with Crippen LogP contribution in [0.1, 0.15) is 15.9 Å². The summed E-state index contributed by atoms with van der Waals surface area (Å²) in [4.78, 5) is 22.5. The topological polar surface area (TPSA) is 125 Å². The van der Waals surface area contributed by atoms with E-state index in [9.17, 15) is 18.0 Å². The van der Waals surface area contributed by atoms with Crippen molar-refractivity contribution in [3.63, 3.8) is 0 Å². The van der Waals surface area contributed by atoms with E-state index in [-0.39, 0.29) is 16.6 Å². The van der Waals surface area contributed by atoms with Crippen molar-refractivity contribution < 1.29 is 27.5 Å². The second kappa shape index (κ2) is 8.96. The number of sulfonamides is 1. The SMILES string of the molecule is COC(=O)CSc1nnc(NS(=O)(=O)Cc2ccc(C(=O)OC)cc2)s1. The molecule has 0 saturated heterocycles. The van der Waals surface area contributed by atoms with E-state index in [1.54, 1.807) is 0 Å². The lowest BCUT2D eigenvalue weighted by atomic mass is 10.1. The lowest BCUT2D eigenvalue weighted by molar-refractivity contribution is -0.137. The molecule has 0 saturated carbocycles. The second-order valence-corrected chi connectivity index (χ2v) is 8.71. The number of nitrogens with one attached hydrogen (secondary N) is 1. The molecule has 0 spiro atoms. The van der Waals surface area contributed by atoms with Crippen molar-refractivity contribution in [1.29, 1.82) is 0 Å².